The van der Waals surface area contributed by atoms with Crippen LogP contribution in [0.4, 0.5) is 0 Å². The SMILES string of the molecule is NCCCC[C@H](N)C=O.[O]=[Cu]. The summed E-state index contributed by atoms with van der Waals surface area (Å²) in [5, 5.41) is 0. The van der Waals surface area contributed by atoms with Crippen LogP contribution in [0.1, 0.15) is 19.3 Å². The van der Waals surface area contributed by atoms with Gasteiger partial charge in [-0.05, 0) is 19.4 Å². The zero-order valence-electron chi connectivity index (χ0n) is 6.26. The Labute approximate surface area is 74.7 Å². The first kappa shape index (κ1) is 13.5. The molecule has 0 heterocycles. The first-order valence-corrected chi connectivity index (χ1v) is 3.73. The minimum absolute atomic E-state index is 0.281. The summed E-state index contributed by atoms with van der Waals surface area (Å²) in [6.45, 7) is 0.686. The van der Waals surface area contributed by atoms with Crippen molar-refractivity contribution in [2.24, 2.45) is 11.5 Å². The molecule has 0 fully saturated rings. The summed E-state index contributed by atoms with van der Waals surface area (Å²) >= 11 is 2.94. The van der Waals surface area contributed by atoms with Gasteiger partial charge in [0.15, 0.2) is 0 Å². The number of unbranched alkanes of at least 4 members (excludes halogenated alkanes) is 1. The molecule has 0 amide bonds. The van der Waals surface area contributed by atoms with Crippen molar-refractivity contribution in [1.82, 2.24) is 0 Å². The molecule has 11 heavy (non-hydrogen) atoms. The van der Waals surface area contributed by atoms with E-state index >= 15 is 0 Å². The van der Waals surface area contributed by atoms with Crippen molar-refractivity contribution in [2.75, 3.05) is 6.54 Å². The molecule has 1 atom stereocenters. The van der Waals surface area contributed by atoms with Crippen LogP contribution in [0.15, 0.2) is 0 Å². The Morgan fingerprint density at radius 2 is 1.91 bits per heavy atom. The van der Waals surface area contributed by atoms with Crippen LogP contribution in [0.5, 0.6) is 0 Å². The van der Waals surface area contributed by atoms with Gasteiger partial charge in [-0.1, -0.05) is 6.42 Å². The van der Waals surface area contributed by atoms with Crippen molar-refractivity contribution in [1.29, 1.82) is 0 Å². The van der Waals surface area contributed by atoms with E-state index in [9.17, 15) is 4.79 Å². The van der Waals surface area contributed by atoms with Crippen molar-refractivity contribution >= 4 is 6.29 Å². The number of nitrogens with two attached hydrogens (primary N) is 2. The van der Waals surface area contributed by atoms with E-state index in [1.165, 1.54) is 0 Å². The predicted octanol–water partition coefficient (Wildman–Crippen LogP) is -0.480. The molecule has 0 aliphatic carbocycles. The molecule has 0 radical (unpaired) electrons. The Bertz CT molecular complexity index is 92.7. The molecular formula is C6H14CuN2O2. The summed E-state index contributed by atoms with van der Waals surface area (Å²) in [6.07, 6.45) is 3.45. The molecule has 0 unspecified atom stereocenters. The topological polar surface area (TPSA) is 86.2 Å². The Morgan fingerprint density at radius 3 is 2.27 bits per heavy atom. The van der Waals surface area contributed by atoms with Crippen molar-refractivity contribution < 1.29 is 24.6 Å². The molecule has 0 aromatic carbocycles. The van der Waals surface area contributed by atoms with Crippen molar-refractivity contribution in [3.63, 3.8) is 0 Å². The van der Waals surface area contributed by atoms with Gasteiger partial charge in [-0.3, -0.25) is 0 Å². The first-order chi connectivity index (χ1) is 5.31. The molecule has 0 bridgehead atoms. The summed E-state index contributed by atoms with van der Waals surface area (Å²) in [5.41, 5.74) is 10.5. The van der Waals surface area contributed by atoms with Gasteiger partial charge in [-0.15, -0.1) is 0 Å². The monoisotopic (exact) mass is 209 g/mol. The Kier molecular flexibility index (Phi) is 15.4. The Hall–Kier alpha value is -0.0905. The van der Waals surface area contributed by atoms with Gasteiger partial charge in [-0.2, -0.15) is 0 Å². The van der Waals surface area contributed by atoms with Crippen LogP contribution in [-0.4, -0.2) is 18.9 Å². The number of carbonyl (C=O) groups is 1. The maximum atomic E-state index is 9.94. The number of hydrogen-bond acceptors (Lipinski definition) is 4. The van der Waals surface area contributed by atoms with Crippen LogP contribution in [-0.2, 0) is 24.6 Å². The third-order valence-electron chi connectivity index (χ3n) is 1.17. The number of carbonyl (C=O) groups excluding carboxylic acids is 1. The molecule has 0 aliphatic rings. The molecule has 4 nitrogen and oxygen atoms in total. The van der Waals surface area contributed by atoms with E-state index in [4.69, 9.17) is 15.3 Å². The number of hydrogen-bond donors (Lipinski definition) is 2. The van der Waals surface area contributed by atoms with Crippen LogP contribution in [0, 0.1) is 0 Å². The summed E-state index contributed by atoms with van der Waals surface area (Å²) in [5.74, 6) is 0. The van der Waals surface area contributed by atoms with E-state index in [1.807, 2.05) is 0 Å². The van der Waals surface area contributed by atoms with Crippen LogP contribution in [0.25, 0.3) is 0 Å². The Morgan fingerprint density at radius 1 is 1.36 bits per heavy atom. The molecule has 0 aromatic heterocycles. The van der Waals surface area contributed by atoms with Crippen LogP contribution in [0.2, 0.25) is 0 Å². The zero-order chi connectivity index (χ0) is 9.11. The van der Waals surface area contributed by atoms with Crippen molar-refractivity contribution in [3.05, 3.63) is 0 Å². The molecule has 0 spiro atoms. The van der Waals surface area contributed by atoms with Gasteiger partial charge < -0.3 is 16.3 Å². The quantitative estimate of drug-likeness (QED) is 0.364. The molecule has 0 aromatic rings. The molecule has 4 N–H and O–H groups in total. The average Bonchev–Trinajstić information content (AvgIpc) is 2.08. The molecule has 0 rings (SSSR count). The fourth-order valence-corrected chi connectivity index (χ4v) is 0.592. The normalized spacial score (nSPS) is 11.3. The second-order valence-electron chi connectivity index (χ2n) is 2.08. The summed E-state index contributed by atoms with van der Waals surface area (Å²) in [7, 11) is 0. The van der Waals surface area contributed by atoms with Crippen LogP contribution in [0.3, 0.4) is 0 Å². The number of rotatable bonds is 5. The van der Waals surface area contributed by atoms with E-state index in [1.54, 1.807) is 0 Å². The van der Waals surface area contributed by atoms with Gasteiger partial charge in [0, 0.05) is 0 Å². The van der Waals surface area contributed by atoms with Gasteiger partial charge in [0.1, 0.15) is 6.29 Å². The fraction of sp³-hybridized carbons (Fsp3) is 0.833. The van der Waals surface area contributed by atoms with E-state index in [0.29, 0.717) is 6.54 Å². The molecule has 0 saturated carbocycles. The molecule has 71 valence electrons. The minimum atomic E-state index is -0.281. The van der Waals surface area contributed by atoms with E-state index in [-0.39, 0.29) is 6.04 Å². The van der Waals surface area contributed by atoms with E-state index < -0.39 is 0 Å². The van der Waals surface area contributed by atoms with Gasteiger partial charge >= 0.3 is 19.8 Å². The van der Waals surface area contributed by atoms with Gasteiger partial charge in [0.25, 0.3) is 0 Å². The maximum absolute atomic E-state index is 9.94. The molecule has 0 aliphatic heterocycles. The van der Waals surface area contributed by atoms with E-state index in [2.05, 4.69) is 15.9 Å². The second kappa shape index (κ2) is 12.6. The first-order valence-electron chi connectivity index (χ1n) is 3.34. The summed E-state index contributed by atoms with van der Waals surface area (Å²) in [4.78, 5) is 9.94. The fourth-order valence-electron chi connectivity index (χ4n) is 0.592. The van der Waals surface area contributed by atoms with Crippen molar-refractivity contribution in [2.45, 2.75) is 25.3 Å². The standard InChI is InChI=1S/C6H14N2O.Cu.O/c7-4-2-1-3-6(8)5-9;;/h5-6H,1-4,7-8H2;;/t6-;;/m0../s1. The third kappa shape index (κ3) is 13.0. The van der Waals surface area contributed by atoms with Gasteiger partial charge in [0.05, 0.1) is 6.04 Å². The van der Waals surface area contributed by atoms with E-state index in [0.717, 1.165) is 25.5 Å². The number of aldehydes is 1. The molecular weight excluding hydrogens is 196 g/mol. The molecule has 5 heteroatoms. The zero-order valence-corrected chi connectivity index (χ0v) is 7.20. The third-order valence-corrected chi connectivity index (χ3v) is 1.17. The second-order valence-corrected chi connectivity index (χ2v) is 2.08. The summed E-state index contributed by atoms with van der Waals surface area (Å²) < 4.78 is 7.81. The molecule has 0 saturated heterocycles. The predicted molar refractivity (Wildman–Crippen MR) is 37.6 cm³/mol. The summed E-state index contributed by atoms with van der Waals surface area (Å²) in [6, 6.07) is -0.281. The van der Waals surface area contributed by atoms with Gasteiger partial charge in [0.2, 0.25) is 0 Å². The Balaban J connectivity index is 0. The van der Waals surface area contributed by atoms with Crippen LogP contribution < -0.4 is 11.5 Å². The van der Waals surface area contributed by atoms with Gasteiger partial charge in [-0.25, -0.2) is 0 Å². The van der Waals surface area contributed by atoms with Crippen LogP contribution >= 0.6 is 0 Å². The van der Waals surface area contributed by atoms with Crippen molar-refractivity contribution in [3.8, 4) is 0 Å². The average molecular weight is 210 g/mol.